The molecule has 2 aromatic carbocycles. The van der Waals surface area contributed by atoms with E-state index >= 15 is 0 Å². The summed E-state index contributed by atoms with van der Waals surface area (Å²) in [5.41, 5.74) is 1.51. The summed E-state index contributed by atoms with van der Waals surface area (Å²) in [5.74, 6) is 0.703. The van der Waals surface area contributed by atoms with Gasteiger partial charge in [-0.15, -0.1) is 0 Å². The third kappa shape index (κ3) is 7.87. The maximum Gasteiger partial charge on any atom is 0.387 e. The zero-order valence-corrected chi connectivity index (χ0v) is 17.3. The van der Waals surface area contributed by atoms with Crippen molar-refractivity contribution in [2.24, 2.45) is 4.99 Å². The van der Waals surface area contributed by atoms with Gasteiger partial charge in [-0.3, -0.25) is 0 Å². The molecule has 8 heteroatoms. The van der Waals surface area contributed by atoms with Gasteiger partial charge in [0.05, 0.1) is 19.3 Å². The van der Waals surface area contributed by atoms with Gasteiger partial charge >= 0.3 is 6.61 Å². The molecule has 0 aromatic heterocycles. The van der Waals surface area contributed by atoms with Crippen molar-refractivity contribution < 1.29 is 23.4 Å². The van der Waals surface area contributed by atoms with Crippen molar-refractivity contribution >= 4 is 5.96 Å². The average molecular weight is 421 g/mol. The fraction of sp³-hybridized carbons (Fsp3) is 0.409. The fourth-order valence-corrected chi connectivity index (χ4v) is 2.86. The largest absolute Gasteiger partial charge is 0.490 e. The third-order valence-electron chi connectivity index (χ3n) is 4.14. The lowest BCUT2D eigenvalue weighted by atomic mass is 10.1. The van der Waals surface area contributed by atoms with Gasteiger partial charge in [-0.05, 0) is 25.5 Å². The highest BCUT2D eigenvalue weighted by molar-refractivity contribution is 5.79. The summed E-state index contributed by atoms with van der Waals surface area (Å²) in [6, 6.07) is 14.6. The van der Waals surface area contributed by atoms with E-state index in [1.54, 1.807) is 25.1 Å². The van der Waals surface area contributed by atoms with Crippen LogP contribution in [0.4, 0.5) is 8.78 Å². The van der Waals surface area contributed by atoms with Crippen LogP contribution >= 0.6 is 0 Å². The smallest absolute Gasteiger partial charge is 0.387 e. The number of aliphatic hydroxyl groups excluding tert-OH is 1. The molecule has 0 saturated carbocycles. The van der Waals surface area contributed by atoms with Gasteiger partial charge < -0.3 is 25.2 Å². The minimum atomic E-state index is -2.96. The number of nitrogens with one attached hydrogen (secondary N) is 2. The van der Waals surface area contributed by atoms with E-state index in [9.17, 15) is 13.9 Å². The standard InChI is InChI=1S/C22H29F2N3O3/c1-3-25-22(27-15-18(28)13-16-9-6-5-7-10-16)26-14-17-11-8-12-19(29-4-2)20(17)30-21(23)24/h5-12,18,21,28H,3-4,13-15H2,1-2H3,(H2,25,26,27). The number of para-hydroxylation sites is 1. The number of alkyl halides is 2. The zero-order valence-electron chi connectivity index (χ0n) is 17.3. The second-order valence-electron chi connectivity index (χ2n) is 6.48. The lowest BCUT2D eigenvalue weighted by Crippen LogP contribution is -2.41. The number of guanidine groups is 1. The molecule has 0 bridgehead atoms. The van der Waals surface area contributed by atoms with Gasteiger partial charge in [0.25, 0.3) is 0 Å². The van der Waals surface area contributed by atoms with Gasteiger partial charge in [-0.1, -0.05) is 42.5 Å². The van der Waals surface area contributed by atoms with Crippen molar-refractivity contribution in [1.29, 1.82) is 0 Å². The Bertz CT molecular complexity index is 788. The Kier molecular flexibility index (Phi) is 9.86. The van der Waals surface area contributed by atoms with Crippen LogP contribution in [-0.4, -0.2) is 43.5 Å². The SMILES string of the molecule is CCNC(=NCc1cccc(OCC)c1OC(F)F)NCC(O)Cc1ccccc1. The number of rotatable bonds is 11. The lowest BCUT2D eigenvalue weighted by Gasteiger charge is -2.17. The first-order valence-corrected chi connectivity index (χ1v) is 9.97. The van der Waals surface area contributed by atoms with E-state index in [2.05, 4.69) is 20.4 Å². The number of aliphatic hydroxyl groups is 1. The Balaban J connectivity index is 2.05. The molecule has 0 aliphatic rings. The van der Waals surface area contributed by atoms with Gasteiger partial charge in [0, 0.05) is 25.1 Å². The molecule has 164 valence electrons. The van der Waals surface area contributed by atoms with Crippen LogP contribution in [0.2, 0.25) is 0 Å². The predicted octanol–water partition coefficient (Wildman–Crippen LogP) is 3.35. The minimum absolute atomic E-state index is 0.0157. The topological polar surface area (TPSA) is 75.1 Å². The maximum absolute atomic E-state index is 12.9. The number of benzene rings is 2. The van der Waals surface area contributed by atoms with E-state index in [-0.39, 0.29) is 18.0 Å². The summed E-state index contributed by atoms with van der Waals surface area (Å²) in [4.78, 5) is 4.43. The number of nitrogens with zero attached hydrogens (tertiary/aromatic N) is 1. The molecule has 0 amide bonds. The molecule has 0 saturated heterocycles. The molecule has 0 radical (unpaired) electrons. The Morgan fingerprint density at radius 2 is 1.83 bits per heavy atom. The van der Waals surface area contributed by atoms with Crippen molar-refractivity contribution in [3.63, 3.8) is 0 Å². The molecule has 0 fully saturated rings. The Hall–Kier alpha value is -2.87. The minimum Gasteiger partial charge on any atom is -0.490 e. The summed E-state index contributed by atoms with van der Waals surface area (Å²) in [6.07, 6.45) is -0.0917. The van der Waals surface area contributed by atoms with Crippen LogP contribution in [0.1, 0.15) is 25.0 Å². The van der Waals surface area contributed by atoms with Crippen LogP contribution in [0, 0.1) is 0 Å². The Labute approximate surface area is 175 Å². The summed E-state index contributed by atoms with van der Waals surface area (Å²) in [5, 5.41) is 16.4. The highest BCUT2D eigenvalue weighted by Crippen LogP contribution is 2.33. The highest BCUT2D eigenvalue weighted by Gasteiger charge is 2.16. The highest BCUT2D eigenvalue weighted by atomic mass is 19.3. The number of ether oxygens (including phenoxy) is 2. The van der Waals surface area contributed by atoms with Crippen LogP contribution in [0.25, 0.3) is 0 Å². The molecule has 2 rings (SSSR count). The molecule has 2 aromatic rings. The fourth-order valence-electron chi connectivity index (χ4n) is 2.86. The Morgan fingerprint density at radius 3 is 2.50 bits per heavy atom. The molecule has 1 unspecified atom stereocenters. The van der Waals surface area contributed by atoms with Gasteiger partial charge in [-0.2, -0.15) is 8.78 Å². The van der Waals surface area contributed by atoms with Crippen molar-refractivity contribution in [1.82, 2.24) is 10.6 Å². The van der Waals surface area contributed by atoms with Gasteiger partial charge in [-0.25, -0.2) is 4.99 Å². The molecular formula is C22H29F2N3O3. The average Bonchev–Trinajstić information content (AvgIpc) is 2.72. The van der Waals surface area contributed by atoms with Crippen LogP contribution in [0.5, 0.6) is 11.5 Å². The first-order valence-electron chi connectivity index (χ1n) is 9.97. The summed E-state index contributed by atoms with van der Waals surface area (Å²) < 4.78 is 35.8. The molecule has 0 aliphatic heterocycles. The first kappa shape index (κ1) is 23.4. The lowest BCUT2D eigenvalue weighted by molar-refractivity contribution is -0.0520. The number of hydrogen-bond acceptors (Lipinski definition) is 4. The third-order valence-corrected chi connectivity index (χ3v) is 4.14. The first-order chi connectivity index (χ1) is 14.5. The maximum atomic E-state index is 12.9. The molecule has 6 nitrogen and oxygen atoms in total. The monoisotopic (exact) mass is 421 g/mol. The summed E-state index contributed by atoms with van der Waals surface area (Å²) in [7, 11) is 0. The van der Waals surface area contributed by atoms with Crippen molar-refractivity contribution in [3.05, 3.63) is 59.7 Å². The van der Waals surface area contributed by atoms with E-state index < -0.39 is 12.7 Å². The van der Waals surface area contributed by atoms with Gasteiger partial charge in [0.2, 0.25) is 0 Å². The molecule has 3 N–H and O–H groups in total. The van der Waals surface area contributed by atoms with Gasteiger partial charge in [0.15, 0.2) is 17.5 Å². The molecule has 30 heavy (non-hydrogen) atoms. The molecule has 0 aliphatic carbocycles. The second kappa shape index (κ2) is 12.6. The zero-order chi connectivity index (χ0) is 21.8. The van der Waals surface area contributed by atoms with Gasteiger partial charge in [0.1, 0.15) is 0 Å². The van der Waals surface area contributed by atoms with E-state index in [1.165, 1.54) is 0 Å². The summed E-state index contributed by atoms with van der Waals surface area (Å²) in [6.45, 7) is 2.06. The number of hydrogen-bond donors (Lipinski definition) is 3. The van der Waals surface area contributed by atoms with E-state index in [0.29, 0.717) is 37.6 Å². The van der Waals surface area contributed by atoms with Crippen LogP contribution in [-0.2, 0) is 13.0 Å². The molecule has 0 heterocycles. The summed E-state index contributed by atoms with van der Waals surface area (Å²) >= 11 is 0. The van der Waals surface area contributed by atoms with Crippen LogP contribution in [0.15, 0.2) is 53.5 Å². The Morgan fingerprint density at radius 1 is 1.07 bits per heavy atom. The van der Waals surface area contributed by atoms with E-state index in [1.807, 2.05) is 37.3 Å². The molecule has 1 atom stereocenters. The van der Waals surface area contributed by atoms with E-state index in [4.69, 9.17) is 4.74 Å². The predicted molar refractivity (Wildman–Crippen MR) is 113 cm³/mol. The molecule has 0 spiro atoms. The van der Waals surface area contributed by atoms with Crippen LogP contribution < -0.4 is 20.1 Å². The van der Waals surface area contributed by atoms with Crippen LogP contribution in [0.3, 0.4) is 0 Å². The van der Waals surface area contributed by atoms with Crippen molar-refractivity contribution in [2.75, 3.05) is 19.7 Å². The normalized spacial score (nSPS) is 12.5. The van der Waals surface area contributed by atoms with Crippen molar-refractivity contribution in [3.8, 4) is 11.5 Å². The van der Waals surface area contributed by atoms with E-state index in [0.717, 1.165) is 5.56 Å². The molecular weight excluding hydrogens is 392 g/mol. The number of halogens is 2. The quantitative estimate of drug-likeness (QED) is 0.383. The second-order valence-corrected chi connectivity index (χ2v) is 6.48. The van der Waals surface area contributed by atoms with Crippen molar-refractivity contribution in [2.45, 2.75) is 39.5 Å². The number of aliphatic imine (C=N–C) groups is 1.